The van der Waals surface area contributed by atoms with Crippen LogP contribution >= 0.6 is 0 Å². The van der Waals surface area contributed by atoms with Gasteiger partial charge in [-0.05, 0) is 31.2 Å². The molecule has 0 bridgehead atoms. The maximum atomic E-state index is 13.1. The van der Waals surface area contributed by atoms with Gasteiger partial charge in [0.05, 0.1) is 11.3 Å². The molecule has 1 aromatic carbocycles. The van der Waals surface area contributed by atoms with Crippen LogP contribution in [-0.2, 0) is 19.6 Å². The van der Waals surface area contributed by atoms with Gasteiger partial charge < -0.3 is 9.88 Å². The van der Waals surface area contributed by atoms with Crippen molar-refractivity contribution in [1.29, 1.82) is 0 Å². The van der Waals surface area contributed by atoms with Crippen LogP contribution in [0.25, 0.3) is 16.9 Å². The number of hydrogen-bond donors (Lipinski definition) is 1. The van der Waals surface area contributed by atoms with Crippen LogP contribution in [0.3, 0.4) is 0 Å². The summed E-state index contributed by atoms with van der Waals surface area (Å²) in [5.74, 6) is -0.286. The molecule has 5 nitrogen and oxygen atoms in total. The van der Waals surface area contributed by atoms with Crippen molar-refractivity contribution in [2.24, 2.45) is 0 Å². The predicted molar refractivity (Wildman–Crippen MR) is 81.1 cm³/mol. The average Bonchev–Trinajstić information content (AvgIpc) is 3.16. The van der Waals surface area contributed by atoms with Gasteiger partial charge in [-0.3, -0.25) is 4.79 Å². The van der Waals surface area contributed by atoms with E-state index < -0.39 is 0 Å². The van der Waals surface area contributed by atoms with Crippen molar-refractivity contribution in [2.45, 2.75) is 26.6 Å². The lowest BCUT2D eigenvalue weighted by Gasteiger charge is -2.11. The first kappa shape index (κ1) is 13.2. The fourth-order valence-electron chi connectivity index (χ4n) is 3.07. The molecule has 0 unspecified atom stereocenters. The summed E-state index contributed by atoms with van der Waals surface area (Å²) in [7, 11) is 0. The first-order valence-corrected chi connectivity index (χ1v) is 7.30. The molecule has 1 N–H and O–H groups in total. The van der Waals surface area contributed by atoms with E-state index in [9.17, 15) is 9.18 Å². The Morgan fingerprint density at radius 1 is 1.27 bits per heavy atom. The van der Waals surface area contributed by atoms with Gasteiger partial charge in [-0.15, -0.1) is 0 Å². The summed E-state index contributed by atoms with van der Waals surface area (Å²) in [6.45, 7) is 4.10. The fraction of sp³-hybridized carbons (Fsp3) is 0.250. The van der Waals surface area contributed by atoms with E-state index in [1.54, 1.807) is 12.1 Å². The van der Waals surface area contributed by atoms with Crippen molar-refractivity contribution in [1.82, 2.24) is 19.5 Å². The molecule has 0 spiro atoms. The highest BCUT2D eigenvalue weighted by atomic mass is 19.1. The summed E-state index contributed by atoms with van der Waals surface area (Å²) in [4.78, 5) is 12.6. The molecule has 112 valence electrons. The van der Waals surface area contributed by atoms with Gasteiger partial charge in [0, 0.05) is 37.0 Å². The summed E-state index contributed by atoms with van der Waals surface area (Å²) < 4.78 is 16.6. The van der Waals surface area contributed by atoms with Crippen LogP contribution in [0.4, 0.5) is 4.39 Å². The number of nitrogens with zero attached hydrogens (tertiary/aromatic N) is 3. The third-order valence-electron chi connectivity index (χ3n) is 4.14. The molecular formula is C16H15FN4O. The second-order valence-corrected chi connectivity index (χ2v) is 5.38. The molecule has 0 saturated heterocycles. The van der Waals surface area contributed by atoms with Gasteiger partial charge in [-0.1, -0.05) is 0 Å². The smallest absolute Gasteiger partial charge is 0.279 e. The Balaban J connectivity index is 2.00. The lowest BCUT2D eigenvalue weighted by molar-refractivity contribution is 0.628. The number of fused-ring (bicyclic) bond motifs is 2. The van der Waals surface area contributed by atoms with E-state index >= 15 is 0 Å². The Hall–Kier alpha value is -2.47. The average molecular weight is 298 g/mol. The molecular weight excluding hydrogens is 283 g/mol. The zero-order valence-corrected chi connectivity index (χ0v) is 12.1. The van der Waals surface area contributed by atoms with Gasteiger partial charge >= 0.3 is 0 Å². The van der Waals surface area contributed by atoms with Crippen LogP contribution < -0.4 is 10.9 Å². The second-order valence-electron chi connectivity index (χ2n) is 5.38. The van der Waals surface area contributed by atoms with Crippen molar-refractivity contribution in [3.63, 3.8) is 0 Å². The summed E-state index contributed by atoms with van der Waals surface area (Å²) in [5, 5.41) is 7.65. The van der Waals surface area contributed by atoms with Gasteiger partial charge in [-0.25, -0.2) is 4.39 Å². The maximum absolute atomic E-state index is 13.1. The summed E-state index contributed by atoms with van der Waals surface area (Å²) in [6.07, 6.45) is 0. The van der Waals surface area contributed by atoms with Gasteiger partial charge in [0.1, 0.15) is 11.5 Å². The minimum Gasteiger partial charge on any atom is -0.328 e. The molecule has 0 atom stereocenters. The van der Waals surface area contributed by atoms with E-state index in [2.05, 4.69) is 15.0 Å². The van der Waals surface area contributed by atoms with Crippen LogP contribution in [0.5, 0.6) is 0 Å². The first-order valence-electron chi connectivity index (χ1n) is 7.30. The predicted octanol–water partition coefficient (Wildman–Crippen LogP) is 1.93. The number of halogens is 1. The van der Waals surface area contributed by atoms with E-state index in [-0.39, 0.29) is 11.4 Å². The van der Waals surface area contributed by atoms with Crippen molar-refractivity contribution < 1.29 is 4.39 Å². The van der Waals surface area contributed by atoms with Crippen LogP contribution in [0, 0.1) is 5.82 Å². The number of nitrogens with one attached hydrogen (secondary N) is 1. The largest absolute Gasteiger partial charge is 0.328 e. The zero-order chi connectivity index (χ0) is 15.3. The van der Waals surface area contributed by atoms with E-state index in [1.807, 2.05) is 13.0 Å². The molecule has 22 heavy (non-hydrogen) atoms. The number of aryl methyl sites for hydroxylation is 1. The lowest BCUT2D eigenvalue weighted by atomic mass is 10.1. The van der Waals surface area contributed by atoms with Gasteiger partial charge in [0.25, 0.3) is 5.56 Å². The highest BCUT2D eigenvalue weighted by Gasteiger charge is 2.22. The van der Waals surface area contributed by atoms with Crippen molar-refractivity contribution in [3.8, 4) is 11.3 Å². The summed E-state index contributed by atoms with van der Waals surface area (Å²) >= 11 is 0. The maximum Gasteiger partial charge on any atom is 0.279 e. The third kappa shape index (κ3) is 1.80. The number of benzene rings is 1. The number of aromatic nitrogens is 3. The quantitative estimate of drug-likeness (QED) is 0.786. The Morgan fingerprint density at radius 3 is 2.77 bits per heavy atom. The van der Waals surface area contributed by atoms with Crippen LogP contribution in [-0.4, -0.2) is 14.2 Å². The van der Waals surface area contributed by atoms with Gasteiger partial charge in [0.15, 0.2) is 0 Å². The molecule has 4 rings (SSSR count). The number of hydrogen-bond acceptors (Lipinski definition) is 3. The summed E-state index contributed by atoms with van der Waals surface area (Å²) in [5.41, 5.74) is 3.98. The monoisotopic (exact) mass is 298 g/mol. The SMILES string of the molecule is CCn1c2c(c(=O)n3nc(-c4ccc(F)cc4)cc13)CNC2. The van der Waals surface area contributed by atoms with Gasteiger partial charge in [-0.2, -0.15) is 9.61 Å². The molecule has 0 fully saturated rings. The zero-order valence-electron chi connectivity index (χ0n) is 12.1. The van der Waals surface area contributed by atoms with Crippen molar-refractivity contribution >= 4 is 5.65 Å². The van der Waals surface area contributed by atoms with E-state index in [1.165, 1.54) is 16.6 Å². The van der Waals surface area contributed by atoms with Crippen molar-refractivity contribution in [2.75, 3.05) is 0 Å². The van der Waals surface area contributed by atoms with Crippen molar-refractivity contribution in [3.05, 3.63) is 57.8 Å². The molecule has 6 heteroatoms. The molecule has 1 aliphatic rings. The Morgan fingerprint density at radius 2 is 2.05 bits per heavy atom. The topological polar surface area (TPSA) is 51.3 Å². The molecule has 3 heterocycles. The highest BCUT2D eigenvalue weighted by Crippen LogP contribution is 2.22. The Bertz CT molecular complexity index is 924. The third-order valence-corrected chi connectivity index (χ3v) is 4.14. The van der Waals surface area contributed by atoms with Crippen LogP contribution in [0.2, 0.25) is 0 Å². The molecule has 0 aliphatic carbocycles. The lowest BCUT2D eigenvalue weighted by Crippen LogP contribution is -2.24. The van der Waals surface area contributed by atoms with Gasteiger partial charge in [0.2, 0.25) is 0 Å². The Kier molecular flexibility index (Phi) is 2.87. The fourth-order valence-corrected chi connectivity index (χ4v) is 3.07. The number of rotatable bonds is 2. The normalized spacial score (nSPS) is 13.7. The van der Waals surface area contributed by atoms with E-state index in [0.717, 1.165) is 29.0 Å². The molecule has 1 aliphatic heterocycles. The first-order chi connectivity index (χ1) is 10.7. The molecule has 2 aromatic heterocycles. The minimum atomic E-state index is -0.286. The summed E-state index contributed by atoms with van der Waals surface area (Å²) in [6, 6.07) is 8.03. The van der Waals surface area contributed by atoms with E-state index in [4.69, 9.17) is 0 Å². The molecule has 3 aromatic rings. The minimum absolute atomic E-state index is 0.0759. The second kappa shape index (κ2) is 4.78. The standard InChI is InChI=1S/C16H15FN4O/c1-2-20-14-9-18-8-12(14)16(22)21-15(20)7-13(19-21)10-3-5-11(17)6-4-10/h3-7,18H,2,8-9H2,1H3. The molecule has 0 amide bonds. The van der Waals surface area contributed by atoms with Crippen LogP contribution in [0.1, 0.15) is 18.2 Å². The molecule has 0 saturated carbocycles. The Labute approximate surface area is 126 Å². The van der Waals surface area contributed by atoms with E-state index in [0.29, 0.717) is 18.8 Å². The van der Waals surface area contributed by atoms with Crippen LogP contribution in [0.15, 0.2) is 35.1 Å². The molecule has 0 radical (unpaired) electrons. The highest BCUT2D eigenvalue weighted by molar-refractivity contribution is 5.64.